The number of esters is 1. The van der Waals surface area contributed by atoms with E-state index in [2.05, 4.69) is 15.5 Å². The highest BCUT2D eigenvalue weighted by atomic mass is 35.5. The van der Waals surface area contributed by atoms with Crippen LogP contribution in [0.25, 0.3) is 0 Å². The lowest BCUT2D eigenvalue weighted by molar-refractivity contribution is -0.139. The molecule has 2 aliphatic rings. The van der Waals surface area contributed by atoms with E-state index in [0.717, 1.165) is 0 Å². The van der Waals surface area contributed by atoms with Crippen LogP contribution in [0.3, 0.4) is 0 Å². The van der Waals surface area contributed by atoms with Crippen LogP contribution in [0.2, 0.25) is 10.0 Å². The number of urea groups is 2. The third kappa shape index (κ3) is 6.25. The maximum absolute atomic E-state index is 13.2. The number of nitrogens with one attached hydrogen (secondary N) is 2. The average Bonchev–Trinajstić information content (AvgIpc) is 2.77. The van der Waals surface area contributed by atoms with Crippen LogP contribution in [-0.2, 0) is 9.53 Å². The second-order valence-electron chi connectivity index (χ2n) is 10.1. The van der Waals surface area contributed by atoms with Gasteiger partial charge in [0.1, 0.15) is 0 Å². The van der Waals surface area contributed by atoms with E-state index in [9.17, 15) is 14.4 Å². The van der Waals surface area contributed by atoms with Crippen molar-refractivity contribution in [2.24, 2.45) is 0 Å². The molecule has 0 bridgehead atoms. The summed E-state index contributed by atoms with van der Waals surface area (Å²) < 4.78 is 5.39. The van der Waals surface area contributed by atoms with E-state index in [-0.39, 0.29) is 35.3 Å². The van der Waals surface area contributed by atoms with E-state index in [1.165, 1.54) is 4.90 Å². The Morgan fingerprint density at radius 3 is 2.53 bits per heavy atom. The van der Waals surface area contributed by atoms with Crippen molar-refractivity contribution in [1.82, 2.24) is 25.3 Å². The van der Waals surface area contributed by atoms with Crippen LogP contribution in [0.4, 0.5) is 9.59 Å². The van der Waals surface area contributed by atoms with Crippen molar-refractivity contribution in [3.8, 4) is 0 Å². The van der Waals surface area contributed by atoms with Gasteiger partial charge >= 0.3 is 18.0 Å². The van der Waals surface area contributed by atoms with Crippen molar-refractivity contribution in [2.45, 2.75) is 52.2 Å². The van der Waals surface area contributed by atoms with E-state index in [0.29, 0.717) is 48.0 Å². The molecule has 0 unspecified atom stereocenters. The molecule has 4 amide bonds. The van der Waals surface area contributed by atoms with Gasteiger partial charge < -0.3 is 20.3 Å². The molecular formula is C25H35Cl2N5O4. The molecule has 0 aromatic heterocycles. The molecular weight excluding hydrogens is 505 g/mol. The summed E-state index contributed by atoms with van der Waals surface area (Å²) in [4.78, 5) is 44.3. The van der Waals surface area contributed by atoms with Crippen molar-refractivity contribution >= 4 is 41.2 Å². The molecule has 1 fully saturated rings. The number of nitrogens with zero attached hydrogens (tertiary/aromatic N) is 3. The molecule has 2 aliphatic heterocycles. The van der Waals surface area contributed by atoms with Gasteiger partial charge in [-0.3, -0.25) is 9.80 Å². The Bertz CT molecular complexity index is 1060. The normalized spacial score (nSPS) is 21.4. The summed E-state index contributed by atoms with van der Waals surface area (Å²) in [5.74, 6) is -0.531. The lowest BCUT2D eigenvalue weighted by Gasteiger charge is -2.43. The van der Waals surface area contributed by atoms with Gasteiger partial charge in [0.15, 0.2) is 0 Å². The van der Waals surface area contributed by atoms with E-state index >= 15 is 0 Å². The highest BCUT2D eigenvalue weighted by Crippen LogP contribution is 2.37. The Balaban J connectivity index is 1.93. The molecule has 1 aromatic carbocycles. The van der Waals surface area contributed by atoms with Crippen molar-refractivity contribution in [3.63, 3.8) is 0 Å². The molecule has 2 heterocycles. The van der Waals surface area contributed by atoms with Gasteiger partial charge in [-0.15, -0.1) is 0 Å². The van der Waals surface area contributed by atoms with Gasteiger partial charge in [-0.05, 0) is 46.2 Å². The van der Waals surface area contributed by atoms with Crippen molar-refractivity contribution in [1.29, 1.82) is 0 Å². The number of carbonyl (C=O) groups excluding carboxylic acids is 3. The van der Waals surface area contributed by atoms with Crippen molar-refractivity contribution in [3.05, 3.63) is 45.1 Å². The zero-order valence-electron chi connectivity index (χ0n) is 21.7. The number of carbonyl (C=O) groups is 3. The number of benzene rings is 1. The van der Waals surface area contributed by atoms with Gasteiger partial charge in [0.05, 0.1) is 28.3 Å². The zero-order chi connectivity index (χ0) is 26.8. The number of halogens is 2. The van der Waals surface area contributed by atoms with E-state index in [4.69, 9.17) is 27.9 Å². The molecule has 3 rings (SSSR count). The monoisotopic (exact) mass is 539 g/mol. The molecule has 11 heteroatoms. The second kappa shape index (κ2) is 11.3. The average molecular weight is 540 g/mol. The van der Waals surface area contributed by atoms with Gasteiger partial charge in [0, 0.05) is 50.5 Å². The number of likely N-dealkylation sites (N-methyl/N-ethyl adjacent to an activating group) is 1. The Morgan fingerprint density at radius 2 is 1.92 bits per heavy atom. The van der Waals surface area contributed by atoms with Gasteiger partial charge in [0.25, 0.3) is 0 Å². The molecule has 1 aromatic rings. The number of rotatable bonds is 5. The minimum atomic E-state index is -0.815. The maximum atomic E-state index is 13.2. The van der Waals surface area contributed by atoms with Gasteiger partial charge in [-0.1, -0.05) is 35.3 Å². The van der Waals surface area contributed by atoms with Gasteiger partial charge in [-0.25, -0.2) is 14.4 Å². The molecule has 198 valence electrons. The summed E-state index contributed by atoms with van der Waals surface area (Å²) in [6, 6.07) is 3.76. The molecule has 0 spiro atoms. The topological polar surface area (TPSA) is 94.2 Å². The number of amides is 4. The highest BCUT2D eigenvalue weighted by molar-refractivity contribution is 6.42. The molecule has 1 saturated heterocycles. The van der Waals surface area contributed by atoms with E-state index in [1.807, 2.05) is 32.6 Å². The fourth-order valence-corrected chi connectivity index (χ4v) is 4.87. The molecule has 9 nitrogen and oxygen atoms in total. The minimum Gasteiger partial charge on any atom is -0.463 e. The lowest BCUT2D eigenvalue weighted by atomic mass is 9.94. The summed E-state index contributed by atoms with van der Waals surface area (Å²) in [5, 5.41) is 6.47. The predicted octanol–water partition coefficient (Wildman–Crippen LogP) is 4.02. The SMILES string of the molecule is CCOC(=O)C1=C(CN2CCN(C(=O)NC(C)(C)C)[C@H](C)C2)N(C)C(=O)N[C@H]1c1cccc(Cl)c1Cl. The maximum Gasteiger partial charge on any atom is 0.338 e. The third-order valence-corrected chi connectivity index (χ3v) is 7.03. The first-order valence-corrected chi connectivity index (χ1v) is 12.8. The Labute approximate surface area is 222 Å². The number of hydrogen-bond donors (Lipinski definition) is 2. The second-order valence-corrected chi connectivity index (χ2v) is 10.9. The Hall–Kier alpha value is -2.49. The fourth-order valence-electron chi connectivity index (χ4n) is 4.46. The predicted molar refractivity (Wildman–Crippen MR) is 140 cm³/mol. The number of ether oxygens (including phenoxy) is 1. The van der Waals surface area contributed by atoms with E-state index < -0.39 is 12.0 Å². The summed E-state index contributed by atoms with van der Waals surface area (Å²) in [7, 11) is 1.62. The van der Waals surface area contributed by atoms with Crippen LogP contribution >= 0.6 is 23.2 Å². The summed E-state index contributed by atoms with van der Waals surface area (Å²) >= 11 is 12.7. The smallest absolute Gasteiger partial charge is 0.338 e. The fraction of sp³-hybridized carbons (Fsp3) is 0.560. The quantitative estimate of drug-likeness (QED) is 0.551. The number of hydrogen-bond acceptors (Lipinski definition) is 5. The van der Waals surface area contributed by atoms with Crippen LogP contribution in [0, 0.1) is 0 Å². The minimum absolute atomic E-state index is 0.0614. The van der Waals surface area contributed by atoms with Crippen LogP contribution in [0.5, 0.6) is 0 Å². The molecule has 0 saturated carbocycles. The molecule has 36 heavy (non-hydrogen) atoms. The zero-order valence-corrected chi connectivity index (χ0v) is 23.2. The molecule has 0 aliphatic carbocycles. The first-order chi connectivity index (χ1) is 16.8. The van der Waals surface area contributed by atoms with Crippen molar-refractivity contribution in [2.75, 3.05) is 39.8 Å². The van der Waals surface area contributed by atoms with Crippen molar-refractivity contribution < 1.29 is 19.1 Å². The first-order valence-electron chi connectivity index (χ1n) is 12.0. The number of piperazine rings is 1. The lowest BCUT2D eigenvalue weighted by Crippen LogP contribution is -2.59. The van der Waals surface area contributed by atoms with Gasteiger partial charge in [-0.2, -0.15) is 0 Å². The highest BCUT2D eigenvalue weighted by Gasteiger charge is 2.39. The van der Waals surface area contributed by atoms with Crippen LogP contribution in [0.1, 0.15) is 46.2 Å². The Kier molecular flexibility index (Phi) is 8.80. The third-order valence-electron chi connectivity index (χ3n) is 6.19. The van der Waals surface area contributed by atoms with Crippen LogP contribution < -0.4 is 10.6 Å². The summed E-state index contributed by atoms with van der Waals surface area (Å²) in [6.07, 6.45) is 0. The largest absolute Gasteiger partial charge is 0.463 e. The summed E-state index contributed by atoms with van der Waals surface area (Å²) in [5.41, 5.74) is 1.02. The Morgan fingerprint density at radius 1 is 1.22 bits per heavy atom. The molecule has 2 N–H and O–H groups in total. The van der Waals surface area contributed by atoms with Gasteiger partial charge in [0.2, 0.25) is 0 Å². The molecule has 2 atom stereocenters. The molecule has 0 radical (unpaired) electrons. The van der Waals surface area contributed by atoms with Crippen LogP contribution in [-0.4, -0.2) is 84.1 Å². The summed E-state index contributed by atoms with van der Waals surface area (Å²) in [6.45, 7) is 11.7. The van der Waals surface area contributed by atoms with E-state index in [1.54, 1.807) is 32.2 Å². The standard InChI is InChI=1S/C25H35Cl2N5O4/c1-7-36-22(33)19-18(14-31-11-12-32(15(2)13-31)24(35)29-25(3,4)5)30(6)23(34)28-21(19)16-9-8-10-17(26)20(16)27/h8-10,15,21H,7,11-14H2,1-6H3,(H,28,34)(H,29,35)/t15-,21+/m1/s1. The first kappa shape index (κ1) is 28.1. The van der Waals surface area contributed by atoms with Crippen LogP contribution in [0.15, 0.2) is 29.5 Å².